The molecule has 0 bridgehead atoms. The number of nitrogens with one attached hydrogen (secondary N) is 2. The zero-order valence-electron chi connectivity index (χ0n) is 72.6. The van der Waals surface area contributed by atoms with Gasteiger partial charge in [-0.2, -0.15) is 9.78 Å². The number of hydrogen-bond donors (Lipinski definition) is 4. The van der Waals surface area contributed by atoms with Crippen molar-refractivity contribution in [1.29, 1.82) is 0 Å². The van der Waals surface area contributed by atoms with E-state index in [0.717, 1.165) is 56.9 Å². The molecule has 6 unspecified atom stereocenters. The number of carbonyl (C=O) groups excluding carboxylic acids is 14. The number of rotatable bonds is 30. The lowest BCUT2D eigenvalue weighted by Gasteiger charge is -2.56. The molecule has 6 amide bonds. The largest absolute Gasteiger partial charge is 0.451 e. The molecule has 0 aliphatic carbocycles. The summed E-state index contributed by atoms with van der Waals surface area (Å²) >= 11 is 27.5. The van der Waals surface area contributed by atoms with Gasteiger partial charge in [0.05, 0.1) is 11.8 Å². The van der Waals surface area contributed by atoms with Crippen molar-refractivity contribution >= 4 is 176 Å². The van der Waals surface area contributed by atoms with Crippen LogP contribution in [0, 0.1) is 0 Å². The SMILES string of the molecule is C=C(Cl)OOC1(C)CSC2[C@H](N)C(=O)N2[C@H]1C(=O)OC(c1ccccc1)c1ccccc1.C=C(Cl)OOC1(C)CSC2[C@H](NC(C)=O)C(=O)N2[C@H]1C(=O)OC(c1ccccc1)c1ccccc1.CC(=O)N[C@@H]1C(=O)N2C1S[C@@](C)(C(=O)C(=O)CCl)[C@@H]2C(=O)OC(c1ccccc1)c1ccccc1.C[C@@]1(C(=O)C(=O)CCl)SC2[C@H](N)C(=O)N2[C@H]1C(=O)OC(c1ccccc1)c1ccccc1. The minimum Gasteiger partial charge on any atom is -0.451 e. The van der Waals surface area contributed by atoms with Gasteiger partial charge in [0.15, 0.2) is 59.8 Å². The standard InChI is InChI=1S/C25H25ClN2O6S.C25H23ClN2O6S.C23H23ClN2O5S.C23H21ClN2O5S/c1-15(26)33-34-25(3)14-35-23-19(27-16(2)29)22(30)28(23)21(25)24(31)32-20(17-10-6-4-7-11-17)18-12-8-5-9-13-18;1-14(29)27-18-22(32)28-20(25(2,35-23(18)28)21(31)17(30)13-26)24(33)34-19(15-9-5-3-6-10-15)16-11-7-4-8-12-16;1-14(24)30-31-23(2)13-32-21-17(25)20(27)26(21)19(23)22(28)29-18(15-9-5-3-6-10-15)16-11-7-4-8-12-16;1-23(19(28)15(27)12-24)18(26-20(29)16(25)21(26)32-23)22(30)31-17(13-8-4-2-5-9-13)14-10-6-3-7-11-14/h4-13,19-21,23H,1,14H2,2-3H3,(H,27,29);3-12,18-20,23H,13H2,1-2H3,(H,27,29);3-12,17-19,21H,1,13,25H2,2H3;2-11,16-18,21H,12,25H2,1H3/t19-,21+,23?,25?;18-,20+,23?,25-;17-,19+,21?,23?;16-,18+,21?,23-/m1111/s1. The van der Waals surface area contributed by atoms with Crippen LogP contribution in [0.4, 0.5) is 0 Å². The van der Waals surface area contributed by atoms with Crippen LogP contribution in [0.3, 0.4) is 0 Å². The summed E-state index contributed by atoms with van der Waals surface area (Å²) in [6, 6.07) is 65.8. The minimum absolute atomic E-state index is 0.191. The fourth-order valence-corrected chi connectivity index (χ4v) is 23.3. The summed E-state index contributed by atoms with van der Waals surface area (Å²) < 4.78 is 20.8. The Morgan fingerprint density at radius 1 is 0.373 bits per heavy atom. The molecule has 700 valence electrons. The molecule has 0 saturated carbocycles. The van der Waals surface area contributed by atoms with E-state index in [1.165, 1.54) is 70.8 Å². The van der Waals surface area contributed by atoms with E-state index in [-0.39, 0.29) is 33.4 Å². The lowest BCUT2D eigenvalue weighted by atomic mass is 9.89. The predicted molar refractivity (Wildman–Crippen MR) is 502 cm³/mol. The number of alkyl halides is 2. The van der Waals surface area contributed by atoms with Crippen molar-refractivity contribution in [3.63, 3.8) is 0 Å². The maximum Gasteiger partial charge on any atom is 0.333 e. The van der Waals surface area contributed by atoms with E-state index in [1.807, 2.05) is 218 Å². The highest BCUT2D eigenvalue weighted by molar-refractivity contribution is 8.03. The first-order chi connectivity index (χ1) is 64.0. The van der Waals surface area contributed by atoms with Crippen LogP contribution < -0.4 is 22.1 Å². The molecule has 8 fully saturated rings. The molecule has 16 atom stereocenters. The van der Waals surface area contributed by atoms with Crippen LogP contribution in [0.2, 0.25) is 0 Å². The number of halogens is 4. The molecule has 8 aromatic carbocycles. The number of carbonyl (C=O) groups is 14. The van der Waals surface area contributed by atoms with Gasteiger partial charge in [-0.05, 0) is 109 Å². The van der Waals surface area contributed by atoms with E-state index in [0.29, 0.717) is 16.9 Å². The second-order valence-corrected chi connectivity index (χ2v) is 39.3. The number of nitrogens with zero attached hydrogens (tertiary/aromatic N) is 4. The summed E-state index contributed by atoms with van der Waals surface area (Å²) in [5.41, 5.74) is 15.3. The van der Waals surface area contributed by atoms with Gasteiger partial charge in [0, 0.05) is 25.4 Å². The number of fused-ring (bicyclic) bond motifs is 4. The Bertz CT molecular complexity index is 5600. The Morgan fingerprint density at radius 3 is 0.873 bits per heavy atom. The topological polar surface area (TPSA) is 402 Å². The monoisotopic (exact) mass is 1980 g/mol. The van der Waals surface area contributed by atoms with Crippen molar-refractivity contribution in [2.45, 2.75) is 156 Å². The van der Waals surface area contributed by atoms with Crippen LogP contribution in [0.25, 0.3) is 0 Å². The van der Waals surface area contributed by atoms with Crippen molar-refractivity contribution in [2.24, 2.45) is 11.5 Å². The second kappa shape index (κ2) is 43.1. The molecule has 30 nitrogen and oxygen atoms in total. The predicted octanol–water partition coefficient (Wildman–Crippen LogP) is 11.2. The van der Waals surface area contributed by atoms with Gasteiger partial charge in [-0.3, -0.25) is 47.9 Å². The smallest absolute Gasteiger partial charge is 0.333 e. The normalized spacial score (nSPS) is 25.9. The third-order valence-corrected chi connectivity index (χ3v) is 30.3. The van der Waals surface area contributed by atoms with E-state index >= 15 is 0 Å². The number of Topliss-reactive ketones (excluding diaryl/α,β-unsaturated/α-hetero) is 4. The van der Waals surface area contributed by atoms with E-state index in [1.54, 1.807) is 38.1 Å². The van der Waals surface area contributed by atoms with Crippen molar-refractivity contribution in [2.75, 3.05) is 23.3 Å². The third kappa shape index (κ3) is 21.0. The Morgan fingerprint density at radius 2 is 0.604 bits per heavy atom. The van der Waals surface area contributed by atoms with Crippen molar-refractivity contribution < 1.29 is 106 Å². The van der Waals surface area contributed by atoms with Crippen LogP contribution in [0.15, 0.2) is 266 Å². The lowest BCUT2D eigenvalue weighted by molar-refractivity contribution is -0.332. The van der Waals surface area contributed by atoms with Crippen molar-refractivity contribution in [3.8, 4) is 0 Å². The van der Waals surface area contributed by atoms with Crippen LogP contribution in [-0.2, 0) is 106 Å². The van der Waals surface area contributed by atoms with E-state index in [9.17, 15) is 67.1 Å². The fourth-order valence-electron chi connectivity index (χ4n) is 16.7. The maximum atomic E-state index is 13.8. The summed E-state index contributed by atoms with van der Waals surface area (Å²) in [6.45, 7) is 15.7. The Kier molecular flexibility index (Phi) is 32.2. The van der Waals surface area contributed by atoms with Gasteiger partial charge in [-0.15, -0.1) is 70.2 Å². The minimum atomic E-state index is -1.63. The number of esters is 4. The van der Waals surface area contributed by atoms with Gasteiger partial charge in [-0.1, -0.05) is 243 Å². The summed E-state index contributed by atoms with van der Waals surface area (Å²) in [6.07, 6.45) is -2.95. The average molecular weight is 1980 g/mol. The first kappa shape index (κ1) is 100. The lowest BCUT2D eigenvalue weighted by Crippen LogP contribution is -2.79. The number of thioether (sulfide) groups is 4. The molecule has 6 N–H and O–H groups in total. The molecule has 38 heteroatoms. The van der Waals surface area contributed by atoms with Gasteiger partial charge in [0.25, 0.3) is 0 Å². The number of nitrogens with two attached hydrogens (primary N) is 2. The van der Waals surface area contributed by atoms with Gasteiger partial charge in [-0.25, -0.2) is 19.2 Å². The quantitative estimate of drug-likeness (QED) is 0.00475. The Balaban J connectivity index is 0.000000152. The van der Waals surface area contributed by atoms with Crippen LogP contribution in [0.1, 0.15) is 110 Å². The Hall–Kier alpha value is -11.4. The summed E-state index contributed by atoms with van der Waals surface area (Å²) in [7, 11) is 0. The number of benzene rings is 8. The number of ketones is 4. The number of amides is 6. The van der Waals surface area contributed by atoms with Gasteiger partial charge < -0.3 is 70.4 Å². The van der Waals surface area contributed by atoms with Gasteiger partial charge in [0.2, 0.25) is 69.0 Å². The maximum absolute atomic E-state index is 13.8. The molecule has 8 saturated heterocycles. The molecule has 8 aliphatic rings. The van der Waals surface area contributed by atoms with Crippen molar-refractivity contribution in [3.05, 3.63) is 311 Å². The van der Waals surface area contributed by atoms with Gasteiger partial charge >= 0.3 is 23.9 Å². The first-order valence-electron chi connectivity index (χ1n) is 41.8. The number of hydrogen-bond acceptors (Lipinski definition) is 28. The Labute approximate surface area is 807 Å². The first-order valence-corrected chi connectivity index (χ1v) is 47.5. The fraction of sp³-hybridized carbons (Fsp3) is 0.312. The molecule has 0 radical (unpaired) electrons. The molecule has 0 aromatic heterocycles. The summed E-state index contributed by atoms with van der Waals surface area (Å²) in [5, 5.41) is 2.69. The molecule has 8 aliphatic heterocycles. The zero-order chi connectivity index (χ0) is 96.4. The second-order valence-electron chi connectivity index (χ2n) is 32.6. The van der Waals surface area contributed by atoms with Crippen LogP contribution in [-0.4, -0.2) is 216 Å². The molecular weight excluding hydrogens is 1890 g/mol. The van der Waals surface area contributed by atoms with Crippen LogP contribution in [0.5, 0.6) is 0 Å². The van der Waals surface area contributed by atoms with E-state index in [2.05, 4.69) is 23.8 Å². The molecule has 134 heavy (non-hydrogen) atoms. The number of ether oxygens (including phenoxy) is 4. The number of β-lactam (4-membered cyclic amide) rings is 4. The summed E-state index contributed by atoms with van der Waals surface area (Å²) in [5.74, 6) is -9.27. The third-order valence-electron chi connectivity index (χ3n) is 23.2. The zero-order valence-corrected chi connectivity index (χ0v) is 78.9. The molecule has 0 spiro atoms. The van der Waals surface area contributed by atoms with E-state index < -0.39 is 192 Å². The van der Waals surface area contributed by atoms with Crippen molar-refractivity contribution in [1.82, 2.24) is 30.2 Å². The highest BCUT2D eigenvalue weighted by atomic mass is 35.5. The highest BCUT2D eigenvalue weighted by Crippen LogP contribution is 2.55. The average Bonchev–Trinajstić information content (AvgIpc) is 1.56. The molecular formula is C96H92Cl4N8O22S4. The molecule has 8 heterocycles. The molecule has 8 aromatic rings. The highest BCUT2D eigenvalue weighted by Gasteiger charge is 2.71. The molecule has 16 rings (SSSR count). The summed E-state index contributed by atoms with van der Waals surface area (Å²) in [4.78, 5) is 206. The van der Waals surface area contributed by atoms with Crippen LogP contribution >= 0.6 is 93.5 Å². The van der Waals surface area contributed by atoms with Gasteiger partial charge in [0.1, 0.15) is 55.2 Å². The van der Waals surface area contributed by atoms with E-state index in [4.69, 9.17) is 96.4 Å².